The number of aliphatic hydroxyl groups is 1. The summed E-state index contributed by atoms with van der Waals surface area (Å²) in [5, 5.41) is 14.2. The van der Waals surface area contributed by atoms with E-state index in [9.17, 15) is 5.11 Å². The molecular weight excluding hydrogens is 268 g/mol. The Morgan fingerprint density at radius 2 is 2.06 bits per heavy atom. The second-order valence-electron chi connectivity index (χ2n) is 4.34. The van der Waals surface area contributed by atoms with Crippen LogP contribution in [0.25, 0.3) is 0 Å². The highest BCUT2D eigenvalue weighted by Crippen LogP contribution is 2.25. The summed E-state index contributed by atoms with van der Waals surface area (Å²) in [6, 6.07) is 0. The van der Waals surface area contributed by atoms with Crippen LogP contribution in [-0.4, -0.2) is 21.0 Å². The van der Waals surface area contributed by atoms with Gasteiger partial charge in [-0.15, -0.1) is 0 Å². The predicted molar refractivity (Wildman–Crippen MR) is 69.5 cm³/mol. The fourth-order valence-corrected chi connectivity index (χ4v) is 2.66. The van der Waals surface area contributed by atoms with Gasteiger partial charge in [-0.25, -0.2) is 0 Å². The molecule has 1 N–H and O–H groups in total. The molecule has 0 amide bonds. The van der Waals surface area contributed by atoms with E-state index in [0.29, 0.717) is 0 Å². The molecule has 0 radical (unpaired) electrons. The highest BCUT2D eigenvalue weighted by Gasteiger charge is 2.18. The number of hydrogen-bond acceptors (Lipinski definition) is 2. The molecule has 16 heavy (non-hydrogen) atoms. The quantitative estimate of drug-likeness (QED) is 0.905. The molecule has 3 nitrogen and oxygen atoms in total. The highest BCUT2D eigenvalue weighted by molar-refractivity contribution is 9.10. The Bertz CT molecular complexity index is 349. The van der Waals surface area contributed by atoms with Gasteiger partial charge in [0, 0.05) is 7.05 Å². The summed E-state index contributed by atoms with van der Waals surface area (Å²) in [5.74, 6) is 0.265. The van der Waals surface area contributed by atoms with E-state index in [-0.39, 0.29) is 12.0 Å². The number of hydrogen-bond donors (Lipinski definition) is 1. The Morgan fingerprint density at radius 3 is 2.50 bits per heavy atom. The van der Waals surface area contributed by atoms with Crippen LogP contribution in [0, 0.1) is 5.92 Å². The van der Waals surface area contributed by atoms with Crippen molar-refractivity contribution in [2.75, 3.05) is 0 Å². The Labute approximate surface area is 106 Å². The zero-order chi connectivity index (χ0) is 12.3. The van der Waals surface area contributed by atoms with Crippen LogP contribution in [0.1, 0.15) is 38.6 Å². The van der Waals surface area contributed by atoms with Crippen LogP contribution in [0.5, 0.6) is 0 Å². The maximum absolute atomic E-state index is 9.79. The van der Waals surface area contributed by atoms with Gasteiger partial charge in [0.15, 0.2) is 0 Å². The number of aromatic nitrogens is 2. The molecule has 1 heterocycles. The summed E-state index contributed by atoms with van der Waals surface area (Å²) in [7, 11) is 1.96. The maximum Gasteiger partial charge on any atom is 0.0766 e. The van der Waals surface area contributed by atoms with Gasteiger partial charge in [0.25, 0.3) is 0 Å². The van der Waals surface area contributed by atoms with Crippen molar-refractivity contribution in [3.8, 4) is 0 Å². The molecule has 1 aromatic heterocycles. The number of rotatable bonds is 5. The van der Waals surface area contributed by atoms with E-state index in [4.69, 9.17) is 0 Å². The lowest BCUT2D eigenvalue weighted by Crippen LogP contribution is -2.20. The molecule has 0 spiro atoms. The van der Waals surface area contributed by atoms with E-state index in [1.165, 1.54) is 5.69 Å². The largest absolute Gasteiger partial charge is 0.393 e. The third kappa shape index (κ3) is 2.86. The van der Waals surface area contributed by atoms with E-state index in [1.807, 2.05) is 18.7 Å². The lowest BCUT2D eigenvalue weighted by atomic mass is 9.97. The number of aliphatic hydroxyl groups excluding tert-OH is 1. The normalized spacial score (nSPS) is 15.1. The van der Waals surface area contributed by atoms with E-state index >= 15 is 0 Å². The first-order valence-corrected chi connectivity index (χ1v) is 6.68. The molecule has 0 fully saturated rings. The van der Waals surface area contributed by atoms with Gasteiger partial charge in [0.2, 0.25) is 0 Å². The zero-order valence-corrected chi connectivity index (χ0v) is 12.1. The Balaban J connectivity index is 2.84. The number of nitrogens with zero attached hydrogens (tertiary/aromatic N) is 2. The van der Waals surface area contributed by atoms with E-state index in [1.54, 1.807) is 0 Å². The van der Waals surface area contributed by atoms with Crippen molar-refractivity contribution in [3.63, 3.8) is 0 Å². The molecule has 1 rings (SSSR count). The summed E-state index contributed by atoms with van der Waals surface area (Å²) in [6.07, 6.45) is 2.36. The Hall–Kier alpha value is -0.350. The molecule has 1 aromatic rings. The summed E-state index contributed by atoms with van der Waals surface area (Å²) >= 11 is 3.60. The number of halogens is 1. The van der Waals surface area contributed by atoms with Crippen LogP contribution < -0.4 is 0 Å². The lowest BCUT2D eigenvalue weighted by molar-refractivity contribution is 0.111. The summed E-state index contributed by atoms with van der Waals surface area (Å²) in [5.41, 5.74) is 2.27. The molecule has 2 atom stereocenters. The summed E-state index contributed by atoms with van der Waals surface area (Å²) in [6.45, 7) is 6.19. The molecular formula is C12H21BrN2O. The molecule has 2 unspecified atom stereocenters. The maximum atomic E-state index is 9.79. The molecule has 0 saturated heterocycles. The topological polar surface area (TPSA) is 38.0 Å². The minimum atomic E-state index is -0.230. The Morgan fingerprint density at radius 1 is 1.44 bits per heavy atom. The van der Waals surface area contributed by atoms with Gasteiger partial charge in [-0.1, -0.05) is 20.8 Å². The predicted octanol–water partition coefficient (Wildman–Crippen LogP) is 2.69. The van der Waals surface area contributed by atoms with Crippen molar-refractivity contribution in [2.24, 2.45) is 13.0 Å². The fraction of sp³-hybridized carbons (Fsp3) is 0.750. The van der Waals surface area contributed by atoms with Gasteiger partial charge in [-0.05, 0) is 41.1 Å². The van der Waals surface area contributed by atoms with Crippen molar-refractivity contribution in [1.29, 1.82) is 0 Å². The lowest BCUT2D eigenvalue weighted by Gasteiger charge is -2.17. The average Bonchev–Trinajstić information content (AvgIpc) is 2.55. The van der Waals surface area contributed by atoms with Gasteiger partial charge in [-0.2, -0.15) is 5.10 Å². The van der Waals surface area contributed by atoms with Crippen LogP contribution in [-0.2, 0) is 19.9 Å². The van der Waals surface area contributed by atoms with Crippen LogP contribution in [0.4, 0.5) is 0 Å². The summed E-state index contributed by atoms with van der Waals surface area (Å²) < 4.78 is 3.02. The molecule has 92 valence electrons. The van der Waals surface area contributed by atoms with Crippen LogP contribution >= 0.6 is 15.9 Å². The van der Waals surface area contributed by atoms with E-state index < -0.39 is 0 Å². The zero-order valence-electron chi connectivity index (χ0n) is 10.5. The van der Waals surface area contributed by atoms with E-state index in [2.05, 4.69) is 34.9 Å². The Kier molecular flexibility index (Phi) is 4.99. The SMILES string of the molecule is CCc1nn(C)c(CC(C)C(O)CC)c1Br. The van der Waals surface area contributed by atoms with Gasteiger partial charge >= 0.3 is 0 Å². The fourth-order valence-electron chi connectivity index (χ4n) is 1.88. The monoisotopic (exact) mass is 288 g/mol. The van der Waals surface area contributed by atoms with Crippen LogP contribution in [0.15, 0.2) is 4.47 Å². The van der Waals surface area contributed by atoms with Crippen molar-refractivity contribution in [2.45, 2.75) is 46.1 Å². The first-order valence-electron chi connectivity index (χ1n) is 5.89. The molecule has 0 aliphatic carbocycles. The first-order chi connectivity index (χ1) is 7.51. The molecule has 0 aliphatic rings. The van der Waals surface area contributed by atoms with Crippen molar-refractivity contribution >= 4 is 15.9 Å². The minimum Gasteiger partial charge on any atom is -0.393 e. The molecule has 4 heteroatoms. The van der Waals surface area contributed by atoms with Crippen molar-refractivity contribution in [3.05, 3.63) is 15.9 Å². The van der Waals surface area contributed by atoms with Gasteiger partial charge < -0.3 is 5.11 Å². The standard InChI is InChI=1S/C12H21BrN2O/c1-5-9-12(13)10(15(4)14-9)7-8(3)11(16)6-2/h8,11,16H,5-7H2,1-4H3. The molecule has 0 aromatic carbocycles. The smallest absolute Gasteiger partial charge is 0.0766 e. The second-order valence-corrected chi connectivity index (χ2v) is 5.13. The van der Waals surface area contributed by atoms with Crippen LogP contribution in [0.3, 0.4) is 0 Å². The first kappa shape index (κ1) is 13.7. The average molecular weight is 289 g/mol. The third-order valence-corrected chi connectivity index (χ3v) is 4.01. The molecule has 0 aliphatic heterocycles. The van der Waals surface area contributed by atoms with Crippen molar-refractivity contribution < 1.29 is 5.11 Å². The van der Waals surface area contributed by atoms with Gasteiger partial charge in [0.05, 0.1) is 22.0 Å². The van der Waals surface area contributed by atoms with Crippen molar-refractivity contribution in [1.82, 2.24) is 9.78 Å². The summed E-state index contributed by atoms with van der Waals surface area (Å²) in [4.78, 5) is 0. The third-order valence-electron chi connectivity index (χ3n) is 3.09. The van der Waals surface area contributed by atoms with E-state index in [0.717, 1.165) is 29.4 Å². The van der Waals surface area contributed by atoms with Gasteiger partial charge in [-0.3, -0.25) is 4.68 Å². The minimum absolute atomic E-state index is 0.230. The molecule has 0 bridgehead atoms. The van der Waals surface area contributed by atoms with Crippen LogP contribution in [0.2, 0.25) is 0 Å². The number of aryl methyl sites for hydroxylation is 2. The highest BCUT2D eigenvalue weighted by atomic mass is 79.9. The molecule has 0 saturated carbocycles. The second kappa shape index (κ2) is 5.82. The van der Waals surface area contributed by atoms with Gasteiger partial charge in [0.1, 0.15) is 0 Å².